The second-order valence-corrected chi connectivity index (χ2v) is 14.6. The Balaban J connectivity index is 1.94. The standard InChI is InChI=1S/C32H56N2O7/c1-23(35)11-13-27(37)39-17-15-33-29(3,4)19-25(20-30(33,5)6)41-26-21-31(7,8)34(32(9,10)22-26)16-18-40-28(38)14-12-24(2)36/h25-26H,11-22H2,1-10H3. The zero-order chi connectivity index (χ0) is 31.2. The maximum atomic E-state index is 12.0. The van der Waals surface area contributed by atoms with Crippen molar-refractivity contribution in [3.63, 3.8) is 0 Å². The smallest absolute Gasteiger partial charge is 0.306 e. The van der Waals surface area contributed by atoms with Gasteiger partial charge in [-0.3, -0.25) is 19.4 Å². The lowest BCUT2D eigenvalue weighted by atomic mass is 9.76. The number of carbonyl (C=O) groups is 4. The fourth-order valence-corrected chi connectivity index (χ4v) is 7.33. The first kappa shape index (κ1) is 35.4. The van der Waals surface area contributed by atoms with E-state index in [0.29, 0.717) is 26.3 Å². The summed E-state index contributed by atoms with van der Waals surface area (Å²) in [4.78, 5) is 51.1. The molecular formula is C32H56N2O7. The number of ketones is 2. The Morgan fingerprint density at radius 3 is 1.12 bits per heavy atom. The van der Waals surface area contributed by atoms with E-state index in [9.17, 15) is 19.2 Å². The molecule has 0 N–H and O–H groups in total. The Hall–Kier alpha value is -1.84. The van der Waals surface area contributed by atoms with Gasteiger partial charge in [0.1, 0.15) is 24.8 Å². The number of carbonyl (C=O) groups excluding carboxylic acids is 4. The largest absolute Gasteiger partial charge is 0.464 e. The lowest BCUT2D eigenvalue weighted by molar-refractivity contribution is -0.169. The molecule has 0 atom stereocenters. The van der Waals surface area contributed by atoms with Crippen molar-refractivity contribution in [2.45, 2.75) is 155 Å². The van der Waals surface area contributed by atoms with Gasteiger partial charge in [-0.2, -0.15) is 0 Å². The van der Waals surface area contributed by atoms with Crippen LogP contribution < -0.4 is 0 Å². The van der Waals surface area contributed by atoms with Crippen molar-refractivity contribution < 1.29 is 33.4 Å². The normalized spacial score (nSPS) is 22.7. The number of esters is 2. The Morgan fingerprint density at radius 2 is 0.854 bits per heavy atom. The van der Waals surface area contributed by atoms with Crippen LogP contribution in [0.1, 0.15) is 121 Å². The molecule has 0 bridgehead atoms. The van der Waals surface area contributed by atoms with Gasteiger partial charge in [-0.05, 0) is 94.9 Å². The molecular weight excluding hydrogens is 524 g/mol. The topological polar surface area (TPSA) is 102 Å². The molecule has 9 nitrogen and oxygen atoms in total. The van der Waals surface area contributed by atoms with E-state index in [2.05, 4.69) is 65.2 Å². The fourth-order valence-electron chi connectivity index (χ4n) is 7.33. The molecule has 2 fully saturated rings. The van der Waals surface area contributed by atoms with Crippen molar-refractivity contribution in [1.82, 2.24) is 9.80 Å². The van der Waals surface area contributed by atoms with Gasteiger partial charge in [0.05, 0.1) is 25.0 Å². The second-order valence-electron chi connectivity index (χ2n) is 14.6. The Labute approximate surface area is 248 Å². The predicted molar refractivity (Wildman–Crippen MR) is 159 cm³/mol. The zero-order valence-corrected chi connectivity index (χ0v) is 27.4. The second kappa shape index (κ2) is 14.1. The monoisotopic (exact) mass is 580 g/mol. The van der Waals surface area contributed by atoms with E-state index in [1.807, 2.05) is 0 Å². The molecule has 2 aliphatic heterocycles. The van der Waals surface area contributed by atoms with Crippen LogP contribution in [-0.2, 0) is 33.4 Å². The van der Waals surface area contributed by atoms with E-state index in [1.54, 1.807) is 0 Å². The van der Waals surface area contributed by atoms with Crippen LogP contribution in [0.3, 0.4) is 0 Å². The van der Waals surface area contributed by atoms with E-state index in [0.717, 1.165) is 25.7 Å². The first-order valence-corrected chi connectivity index (χ1v) is 15.3. The van der Waals surface area contributed by atoms with Crippen molar-refractivity contribution in [2.75, 3.05) is 26.3 Å². The van der Waals surface area contributed by atoms with Crippen LogP contribution >= 0.6 is 0 Å². The number of likely N-dealkylation sites (tertiary alicyclic amines) is 2. The molecule has 236 valence electrons. The molecule has 2 rings (SSSR count). The molecule has 2 saturated heterocycles. The molecule has 0 aromatic carbocycles. The van der Waals surface area contributed by atoms with Crippen LogP contribution in [-0.4, -0.2) is 94.0 Å². The minimum Gasteiger partial charge on any atom is -0.464 e. The van der Waals surface area contributed by atoms with Gasteiger partial charge < -0.3 is 23.8 Å². The highest BCUT2D eigenvalue weighted by atomic mass is 16.5. The third-order valence-corrected chi connectivity index (χ3v) is 8.73. The number of hydrogen-bond donors (Lipinski definition) is 0. The van der Waals surface area contributed by atoms with Crippen molar-refractivity contribution in [1.29, 1.82) is 0 Å². The summed E-state index contributed by atoms with van der Waals surface area (Å²) in [7, 11) is 0. The van der Waals surface area contributed by atoms with Crippen molar-refractivity contribution >= 4 is 23.5 Å². The van der Waals surface area contributed by atoms with Crippen LogP contribution in [0.25, 0.3) is 0 Å². The lowest BCUT2D eigenvalue weighted by Gasteiger charge is -2.58. The maximum Gasteiger partial charge on any atom is 0.306 e. The Kier molecular flexibility index (Phi) is 12.1. The molecule has 0 aromatic rings. The minimum atomic E-state index is -0.322. The van der Waals surface area contributed by atoms with Crippen molar-refractivity contribution in [3.8, 4) is 0 Å². The van der Waals surface area contributed by atoms with Crippen molar-refractivity contribution in [2.24, 2.45) is 0 Å². The number of rotatable bonds is 14. The minimum absolute atomic E-state index is 0.00768. The number of hydrogen-bond acceptors (Lipinski definition) is 9. The van der Waals surface area contributed by atoms with Crippen LogP contribution in [0.4, 0.5) is 0 Å². The molecule has 9 heteroatoms. The molecule has 0 radical (unpaired) electrons. The van der Waals surface area contributed by atoms with E-state index in [4.69, 9.17) is 14.2 Å². The summed E-state index contributed by atoms with van der Waals surface area (Å²) in [6.45, 7) is 22.7. The molecule has 2 heterocycles. The van der Waals surface area contributed by atoms with Gasteiger partial charge in [-0.1, -0.05) is 0 Å². The quantitative estimate of drug-likeness (QED) is 0.266. The first-order valence-electron chi connectivity index (χ1n) is 15.3. The average Bonchev–Trinajstić information content (AvgIpc) is 2.78. The van der Waals surface area contributed by atoms with Crippen LogP contribution in [0.15, 0.2) is 0 Å². The van der Waals surface area contributed by atoms with Crippen LogP contribution in [0.2, 0.25) is 0 Å². The van der Waals surface area contributed by atoms with Gasteiger partial charge in [0.15, 0.2) is 0 Å². The van der Waals surface area contributed by atoms with Gasteiger partial charge in [-0.25, -0.2) is 0 Å². The number of piperidine rings is 2. The zero-order valence-electron chi connectivity index (χ0n) is 27.4. The Morgan fingerprint density at radius 1 is 0.561 bits per heavy atom. The van der Waals surface area contributed by atoms with Crippen molar-refractivity contribution in [3.05, 3.63) is 0 Å². The van der Waals surface area contributed by atoms with E-state index in [1.165, 1.54) is 13.8 Å². The number of Topliss-reactive ketones (excluding diaryl/α,β-unsaturated/α-hetero) is 2. The highest BCUT2D eigenvalue weighted by Crippen LogP contribution is 2.43. The molecule has 0 unspecified atom stereocenters. The molecule has 0 saturated carbocycles. The molecule has 0 spiro atoms. The molecule has 0 amide bonds. The van der Waals surface area contributed by atoms with Gasteiger partial charge in [0.2, 0.25) is 0 Å². The van der Waals surface area contributed by atoms with E-state index < -0.39 is 0 Å². The summed E-state index contributed by atoms with van der Waals surface area (Å²) >= 11 is 0. The summed E-state index contributed by atoms with van der Waals surface area (Å²) in [6.07, 6.45) is 4.46. The molecule has 2 aliphatic rings. The average molecular weight is 581 g/mol. The SMILES string of the molecule is CC(=O)CCC(=O)OCCN1C(C)(C)CC(OC2CC(C)(C)N(CCOC(=O)CCC(C)=O)C(C)(C)C2)CC1(C)C. The Bertz CT molecular complexity index is 830. The predicted octanol–water partition coefficient (Wildman–Crippen LogP) is 4.87. The highest BCUT2D eigenvalue weighted by molar-refractivity contribution is 5.81. The molecule has 41 heavy (non-hydrogen) atoms. The maximum absolute atomic E-state index is 12.0. The third-order valence-electron chi connectivity index (χ3n) is 8.73. The number of ether oxygens (including phenoxy) is 3. The van der Waals surface area contributed by atoms with Crippen LogP contribution in [0.5, 0.6) is 0 Å². The molecule has 0 aromatic heterocycles. The summed E-state index contributed by atoms with van der Waals surface area (Å²) in [5.74, 6) is -0.660. The summed E-state index contributed by atoms with van der Waals surface area (Å²) in [5, 5.41) is 0. The highest BCUT2D eigenvalue weighted by Gasteiger charge is 2.49. The van der Waals surface area contributed by atoms with Crippen LogP contribution in [0, 0.1) is 0 Å². The van der Waals surface area contributed by atoms with Gasteiger partial charge in [-0.15, -0.1) is 0 Å². The summed E-state index contributed by atoms with van der Waals surface area (Å²) in [6, 6.07) is 0. The fraction of sp³-hybridized carbons (Fsp3) is 0.875. The van der Waals surface area contributed by atoms with E-state index in [-0.39, 0.29) is 83.6 Å². The lowest BCUT2D eigenvalue weighted by Crippen LogP contribution is -2.65. The molecule has 0 aliphatic carbocycles. The van der Waals surface area contributed by atoms with Gasteiger partial charge in [0, 0.05) is 48.1 Å². The number of nitrogens with zero attached hydrogens (tertiary/aromatic N) is 2. The van der Waals surface area contributed by atoms with Gasteiger partial charge in [0.25, 0.3) is 0 Å². The summed E-state index contributed by atoms with van der Waals surface area (Å²) < 4.78 is 17.8. The van der Waals surface area contributed by atoms with E-state index >= 15 is 0 Å². The summed E-state index contributed by atoms with van der Waals surface area (Å²) in [5.41, 5.74) is -0.571. The third kappa shape index (κ3) is 10.7. The first-order chi connectivity index (χ1) is 18.7. The van der Waals surface area contributed by atoms with Gasteiger partial charge >= 0.3 is 11.9 Å².